The average Bonchev–Trinajstić information content (AvgIpc) is 2.91. The summed E-state index contributed by atoms with van der Waals surface area (Å²) in [6.07, 6.45) is 7.34. The number of hydrogen-bond acceptors (Lipinski definition) is 3. The van der Waals surface area contributed by atoms with E-state index in [1.54, 1.807) is 4.68 Å². The smallest absolute Gasteiger partial charge is 0.129 e. The lowest BCUT2D eigenvalue weighted by atomic mass is 9.78. The van der Waals surface area contributed by atoms with Gasteiger partial charge in [-0.1, -0.05) is 20.3 Å². The molecule has 1 atom stereocenters. The van der Waals surface area contributed by atoms with Gasteiger partial charge in [-0.05, 0) is 36.0 Å². The molecule has 0 aliphatic heterocycles. The van der Waals surface area contributed by atoms with Crippen LogP contribution >= 0.6 is 0 Å². The number of rotatable bonds is 2. The van der Waals surface area contributed by atoms with E-state index in [-0.39, 0.29) is 0 Å². The third-order valence-electron chi connectivity index (χ3n) is 4.67. The predicted molar refractivity (Wildman–Crippen MR) is 81.2 cm³/mol. The first-order valence-corrected chi connectivity index (χ1v) is 7.23. The largest absolute Gasteiger partial charge is 0.383 e. The third-order valence-corrected chi connectivity index (χ3v) is 4.67. The van der Waals surface area contributed by atoms with Crippen LogP contribution in [-0.4, -0.2) is 14.8 Å². The number of anilines is 1. The minimum Gasteiger partial charge on any atom is -0.383 e. The van der Waals surface area contributed by atoms with E-state index < -0.39 is 0 Å². The van der Waals surface area contributed by atoms with Crippen LogP contribution in [0.3, 0.4) is 0 Å². The van der Waals surface area contributed by atoms with Gasteiger partial charge < -0.3 is 5.73 Å². The lowest BCUT2D eigenvalue weighted by molar-refractivity contribution is 0.326. The molecule has 0 aromatic carbocycles. The van der Waals surface area contributed by atoms with Gasteiger partial charge in [-0.15, -0.1) is 0 Å². The maximum Gasteiger partial charge on any atom is 0.129 e. The first-order chi connectivity index (χ1) is 9.50. The highest BCUT2D eigenvalue weighted by Gasteiger charge is 2.39. The van der Waals surface area contributed by atoms with Gasteiger partial charge in [0.25, 0.3) is 0 Å². The van der Waals surface area contributed by atoms with Crippen LogP contribution in [0, 0.1) is 5.41 Å². The van der Waals surface area contributed by atoms with Crippen molar-refractivity contribution in [1.82, 2.24) is 14.8 Å². The van der Waals surface area contributed by atoms with Crippen LogP contribution in [0.15, 0.2) is 24.5 Å². The Bertz CT molecular complexity index is 613. The number of hydrogen-bond donors (Lipinski definition) is 1. The molecule has 2 heterocycles. The average molecular weight is 270 g/mol. The summed E-state index contributed by atoms with van der Waals surface area (Å²) in [5, 5.41) is 4.74. The number of nitrogens with zero attached hydrogens (tertiary/aromatic N) is 3. The first kappa shape index (κ1) is 13.2. The Kier molecular flexibility index (Phi) is 3.04. The number of pyridine rings is 1. The molecule has 4 heteroatoms. The van der Waals surface area contributed by atoms with Gasteiger partial charge in [0.1, 0.15) is 5.82 Å². The lowest BCUT2D eigenvalue weighted by Gasteiger charge is -2.26. The Hall–Kier alpha value is -1.84. The fourth-order valence-electron chi connectivity index (χ4n) is 3.45. The molecule has 1 fully saturated rings. The SMILES string of the molecule is Cn1nc(C2CCCC2(C)C)c(-c2ccncc2)c1N. The van der Waals surface area contributed by atoms with Gasteiger partial charge in [-0.25, -0.2) is 0 Å². The molecule has 2 N–H and O–H groups in total. The van der Waals surface area contributed by atoms with Gasteiger partial charge >= 0.3 is 0 Å². The number of nitrogens with two attached hydrogens (primary N) is 1. The van der Waals surface area contributed by atoms with E-state index in [0.717, 1.165) is 22.6 Å². The minimum atomic E-state index is 0.294. The van der Waals surface area contributed by atoms with Crippen molar-refractivity contribution in [2.75, 3.05) is 5.73 Å². The molecule has 3 rings (SSSR count). The molecule has 0 spiro atoms. The molecule has 1 aliphatic rings. The molecule has 0 saturated heterocycles. The van der Waals surface area contributed by atoms with Crippen LogP contribution in [0.5, 0.6) is 0 Å². The zero-order valence-corrected chi connectivity index (χ0v) is 12.4. The Labute approximate surface area is 120 Å². The summed E-state index contributed by atoms with van der Waals surface area (Å²) in [6, 6.07) is 4.03. The van der Waals surface area contributed by atoms with Gasteiger partial charge in [0.2, 0.25) is 0 Å². The summed E-state index contributed by atoms with van der Waals surface area (Å²) in [6.45, 7) is 4.68. The van der Waals surface area contributed by atoms with Crippen molar-refractivity contribution in [3.8, 4) is 11.1 Å². The second-order valence-electron chi connectivity index (χ2n) is 6.44. The number of aromatic nitrogens is 3. The number of nitrogen functional groups attached to an aromatic ring is 1. The Morgan fingerprint density at radius 1 is 1.30 bits per heavy atom. The molecule has 2 aromatic rings. The van der Waals surface area contributed by atoms with Gasteiger partial charge in [0.15, 0.2) is 0 Å². The second-order valence-corrected chi connectivity index (χ2v) is 6.44. The minimum absolute atomic E-state index is 0.294. The Morgan fingerprint density at radius 3 is 2.60 bits per heavy atom. The zero-order valence-electron chi connectivity index (χ0n) is 12.4. The number of aryl methyl sites for hydroxylation is 1. The van der Waals surface area contributed by atoms with Crippen molar-refractivity contribution in [2.24, 2.45) is 12.5 Å². The van der Waals surface area contributed by atoms with Crippen molar-refractivity contribution in [3.05, 3.63) is 30.2 Å². The van der Waals surface area contributed by atoms with Crippen molar-refractivity contribution in [1.29, 1.82) is 0 Å². The fourth-order valence-corrected chi connectivity index (χ4v) is 3.45. The van der Waals surface area contributed by atoms with Crippen molar-refractivity contribution < 1.29 is 0 Å². The molecule has 2 aromatic heterocycles. The molecule has 4 nitrogen and oxygen atoms in total. The molecule has 0 amide bonds. The van der Waals surface area contributed by atoms with Crippen LogP contribution in [0.25, 0.3) is 11.1 Å². The summed E-state index contributed by atoms with van der Waals surface area (Å²) in [5.41, 5.74) is 9.92. The van der Waals surface area contributed by atoms with E-state index in [4.69, 9.17) is 10.8 Å². The first-order valence-electron chi connectivity index (χ1n) is 7.23. The van der Waals surface area contributed by atoms with Crippen molar-refractivity contribution >= 4 is 5.82 Å². The van der Waals surface area contributed by atoms with E-state index >= 15 is 0 Å². The summed E-state index contributed by atoms with van der Waals surface area (Å²) in [4.78, 5) is 4.10. The molecular weight excluding hydrogens is 248 g/mol. The topological polar surface area (TPSA) is 56.7 Å². The lowest BCUT2D eigenvalue weighted by Crippen LogP contribution is -2.16. The van der Waals surface area contributed by atoms with Crippen LogP contribution in [0.1, 0.15) is 44.7 Å². The van der Waals surface area contributed by atoms with Gasteiger partial charge in [0.05, 0.1) is 5.69 Å². The summed E-state index contributed by atoms with van der Waals surface area (Å²) in [5.74, 6) is 1.23. The molecule has 1 aliphatic carbocycles. The molecule has 106 valence electrons. The van der Waals surface area contributed by atoms with E-state index in [1.807, 2.05) is 31.6 Å². The van der Waals surface area contributed by atoms with Crippen molar-refractivity contribution in [2.45, 2.75) is 39.0 Å². The molecular formula is C16H22N4. The van der Waals surface area contributed by atoms with Crippen LogP contribution in [-0.2, 0) is 7.05 Å². The maximum absolute atomic E-state index is 6.27. The highest BCUT2D eigenvalue weighted by molar-refractivity contribution is 5.77. The van der Waals surface area contributed by atoms with Gasteiger partial charge in [-0.3, -0.25) is 9.67 Å². The van der Waals surface area contributed by atoms with Crippen LogP contribution in [0.4, 0.5) is 5.82 Å². The molecule has 1 saturated carbocycles. The van der Waals surface area contributed by atoms with E-state index in [9.17, 15) is 0 Å². The molecule has 20 heavy (non-hydrogen) atoms. The quantitative estimate of drug-likeness (QED) is 0.910. The van der Waals surface area contributed by atoms with Gasteiger partial charge in [-0.2, -0.15) is 5.10 Å². The summed E-state index contributed by atoms with van der Waals surface area (Å²) >= 11 is 0. The molecule has 0 radical (unpaired) electrons. The summed E-state index contributed by atoms with van der Waals surface area (Å²) < 4.78 is 1.81. The highest BCUT2D eigenvalue weighted by Crippen LogP contribution is 2.51. The Morgan fingerprint density at radius 2 is 2.00 bits per heavy atom. The van der Waals surface area contributed by atoms with E-state index in [1.165, 1.54) is 19.3 Å². The van der Waals surface area contributed by atoms with E-state index in [0.29, 0.717) is 11.3 Å². The monoisotopic (exact) mass is 270 g/mol. The highest BCUT2D eigenvalue weighted by atomic mass is 15.3. The third kappa shape index (κ3) is 1.99. The van der Waals surface area contributed by atoms with Gasteiger partial charge in [0, 0.05) is 30.9 Å². The standard InChI is InChI=1S/C16H22N4/c1-16(2)8-4-5-12(16)14-13(15(17)20(3)19-14)11-6-9-18-10-7-11/h6-7,9-10,12H,4-5,8,17H2,1-3H3. The van der Waals surface area contributed by atoms with Crippen molar-refractivity contribution in [3.63, 3.8) is 0 Å². The summed E-state index contributed by atoms with van der Waals surface area (Å²) in [7, 11) is 1.92. The molecule has 0 bridgehead atoms. The van der Waals surface area contributed by atoms with Crippen LogP contribution in [0.2, 0.25) is 0 Å². The predicted octanol–water partition coefficient (Wildman–Crippen LogP) is 3.36. The van der Waals surface area contributed by atoms with Crippen LogP contribution < -0.4 is 5.73 Å². The second kappa shape index (κ2) is 4.62. The Balaban J connectivity index is 2.15. The fraction of sp³-hybridized carbons (Fsp3) is 0.500. The normalized spacial score (nSPS) is 21.2. The van der Waals surface area contributed by atoms with E-state index in [2.05, 4.69) is 18.8 Å². The molecule has 1 unspecified atom stereocenters. The zero-order chi connectivity index (χ0) is 14.3. The maximum atomic E-state index is 6.27.